The van der Waals surface area contributed by atoms with E-state index < -0.39 is 11.5 Å². The molecule has 0 radical (unpaired) electrons. The molecule has 0 aromatic heterocycles. The van der Waals surface area contributed by atoms with Crippen LogP contribution in [0.1, 0.15) is 38.5 Å². The zero-order chi connectivity index (χ0) is 10.2. The van der Waals surface area contributed by atoms with E-state index in [1.807, 2.05) is 0 Å². The van der Waals surface area contributed by atoms with Crippen LogP contribution in [-0.2, 0) is 4.74 Å². The van der Waals surface area contributed by atoms with Gasteiger partial charge >= 0.3 is 0 Å². The minimum atomic E-state index is -2.50. The summed E-state index contributed by atoms with van der Waals surface area (Å²) in [6, 6.07) is 0. The molecule has 0 bridgehead atoms. The molecule has 2 nitrogen and oxygen atoms in total. The molecule has 0 amide bonds. The maximum atomic E-state index is 12.9. The van der Waals surface area contributed by atoms with Crippen LogP contribution in [0.25, 0.3) is 0 Å². The summed E-state index contributed by atoms with van der Waals surface area (Å²) < 4.78 is 31.4. The molecule has 2 N–H and O–H groups in total. The molecule has 1 saturated carbocycles. The van der Waals surface area contributed by atoms with Crippen molar-refractivity contribution in [2.45, 2.75) is 56.1 Å². The summed E-state index contributed by atoms with van der Waals surface area (Å²) in [4.78, 5) is 0. The Hall–Kier alpha value is -0.220. The van der Waals surface area contributed by atoms with Gasteiger partial charge in [-0.3, -0.25) is 0 Å². The van der Waals surface area contributed by atoms with E-state index in [1.165, 1.54) is 0 Å². The molecular formula is C10H17F2NO. The van der Waals surface area contributed by atoms with Crippen molar-refractivity contribution in [2.24, 2.45) is 5.73 Å². The fraction of sp³-hybridized carbons (Fsp3) is 1.00. The lowest BCUT2D eigenvalue weighted by molar-refractivity contribution is -0.0739. The Morgan fingerprint density at radius 1 is 1.14 bits per heavy atom. The molecule has 0 aromatic carbocycles. The maximum absolute atomic E-state index is 12.9. The highest BCUT2D eigenvalue weighted by molar-refractivity contribution is 4.99. The van der Waals surface area contributed by atoms with Gasteiger partial charge in [-0.05, 0) is 25.7 Å². The number of hydrogen-bond acceptors (Lipinski definition) is 2. The summed E-state index contributed by atoms with van der Waals surface area (Å²) in [5.41, 5.74) is 5.64. The molecule has 2 fully saturated rings. The highest BCUT2D eigenvalue weighted by Gasteiger charge is 2.46. The molecule has 1 heterocycles. The summed E-state index contributed by atoms with van der Waals surface area (Å²) >= 11 is 0. The summed E-state index contributed by atoms with van der Waals surface area (Å²) in [6.07, 6.45) is 2.59. The third-order valence-electron chi connectivity index (χ3n) is 3.48. The predicted molar refractivity (Wildman–Crippen MR) is 49.3 cm³/mol. The first-order chi connectivity index (χ1) is 6.52. The van der Waals surface area contributed by atoms with Crippen molar-refractivity contribution in [1.29, 1.82) is 0 Å². The van der Waals surface area contributed by atoms with Crippen LogP contribution in [0, 0.1) is 0 Å². The van der Waals surface area contributed by atoms with E-state index in [1.54, 1.807) is 0 Å². The van der Waals surface area contributed by atoms with Gasteiger partial charge in [0.15, 0.2) is 0 Å². The molecule has 1 saturated heterocycles. The summed E-state index contributed by atoms with van der Waals surface area (Å²) in [7, 11) is 0. The van der Waals surface area contributed by atoms with Crippen LogP contribution in [0.5, 0.6) is 0 Å². The third-order valence-corrected chi connectivity index (χ3v) is 3.48. The van der Waals surface area contributed by atoms with Gasteiger partial charge in [-0.2, -0.15) is 0 Å². The standard InChI is InChI=1S/C10H17F2NO/c11-10(12)5-3-9(13,4-6-10)8-2-1-7-14-8/h8H,1-7,13H2. The van der Waals surface area contributed by atoms with Crippen LogP contribution < -0.4 is 5.73 Å². The van der Waals surface area contributed by atoms with Crippen LogP contribution in [0.4, 0.5) is 8.78 Å². The average Bonchev–Trinajstić information content (AvgIpc) is 2.64. The first-order valence-corrected chi connectivity index (χ1v) is 5.30. The lowest BCUT2D eigenvalue weighted by Gasteiger charge is -2.40. The van der Waals surface area contributed by atoms with Gasteiger partial charge in [-0.25, -0.2) is 8.78 Å². The summed E-state index contributed by atoms with van der Waals surface area (Å²) in [5.74, 6) is -2.50. The van der Waals surface area contributed by atoms with Gasteiger partial charge in [0.1, 0.15) is 0 Å². The largest absolute Gasteiger partial charge is 0.376 e. The molecule has 14 heavy (non-hydrogen) atoms. The Bertz CT molecular complexity index is 204. The van der Waals surface area contributed by atoms with Gasteiger partial charge < -0.3 is 10.5 Å². The van der Waals surface area contributed by atoms with Crippen molar-refractivity contribution < 1.29 is 13.5 Å². The second kappa shape index (κ2) is 3.42. The Morgan fingerprint density at radius 3 is 2.29 bits per heavy atom. The highest BCUT2D eigenvalue weighted by atomic mass is 19.3. The fourth-order valence-electron chi connectivity index (χ4n) is 2.43. The zero-order valence-corrected chi connectivity index (χ0v) is 8.27. The Kier molecular flexibility index (Phi) is 2.52. The Labute approximate surface area is 82.8 Å². The van der Waals surface area contributed by atoms with Crippen molar-refractivity contribution in [3.8, 4) is 0 Å². The van der Waals surface area contributed by atoms with Gasteiger partial charge in [0.25, 0.3) is 0 Å². The fourth-order valence-corrected chi connectivity index (χ4v) is 2.43. The van der Waals surface area contributed by atoms with Crippen LogP contribution in [0.2, 0.25) is 0 Å². The molecular weight excluding hydrogens is 188 g/mol. The monoisotopic (exact) mass is 205 g/mol. The second-order valence-corrected chi connectivity index (χ2v) is 4.59. The zero-order valence-electron chi connectivity index (χ0n) is 8.27. The number of halogens is 2. The number of rotatable bonds is 1. The van der Waals surface area contributed by atoms with Gasteiger partial charge in [-0.1, -0.05) is 0 Å². The molecule has 82 valence electrons. The molecule has 0 spiro atoms. The lowest BCUT2D eigenvalue weighted by Crippen LogP contribution is -2.54. The van der Waals surface area contributed by atoms with E-state index in [0.29, 0.717) is 12.8 Å². The van der Waals surface area contributed by atoms with Gasteiger partial charge in [0.2, 0.25) is 5.92 Å². The van der Waals surface area contributed by atoms with E-state index in [9.17, 15) is 8.78 Å². The first-order valence-electron chi connectivity index (χ1n) is 5.30. The number of alkyl halides is 2. The topological polar surface area (TPSA) is 35.2 Å². The van der Waals surface area contributed by atoms with Crippen LogP contribution in [0.15, 0.2) is 0 Å². The van der Waals surface area contributed by atoms with Crippen LogP contribution >= 0.6 is 0 Å². The predicted octanol–water partition coefficient (Wildman–Crippen LogP) is 2.07. The van der Waals surface area contributed by atoms with Crippen LogP contribution in [0.3, 0.4) is 0 Å². The maximum Gasteiger partial charge on any atom is 0.248 e. The molecule has 2 aliphatic rings. The molecule has 1 unspecified atom stereocenters. The van der Waals surface area contributed by atoms with Gasteiger partial charge in [0, 0.05) is 25.0 Å². The SMILES string of the molecule is NC1(C2CCCO2)CCC(F)(F)CC1. The summed E-state index contributed by atoms with van der Waals surface area (Å²) in [5, 5.41) is 0. The van der Waals surface area contributed by atoms with Gasteiger partial charge in [-0.15, -0.1) is 0 Å². The van der Waals surface area contributed by atoms with E-state index in [0.717, 1.165) is 19.4 Å². The molecule has 1 aliphatic carbocycles. The van der Waals surface area contributed by atoms with Crippen molar-refractivity contribution in [3.63, 3.8) is 0 Å². The minimum absolute atomic E-state index is 0.0126. The molecule has 4 heteroatoms. The Balaban J connectivity index is 1.97. The molecule has 0 aromatic rings. The molecule has 1 atom stereocenters. The lowest BCUT2D eigenvalue weighted by atomic mass is 9.76. The normalized spacial score (nSPS) is 35.8. The smallest absolute Gasteiger partial charge is 0.248 e. The van der Waals surface area contributed by atoms with Crippen molar-refractivity contribution >= 4 is 0 Å². The Morgan fingerprint density at radius 2 is 1.79 bits per heavy atom. The molecule has 1 aliphatic heterocycles. The highest BCUT2D eigenvalue weighted by Crippen LogP contribution is 2.41. The number of nitrogens with two attached hydrogens (primary N) is 1. The molecule has 2 rings (SSSR count). The van der Waals surface area contributed by atoms with Crippen molar-refractivity contribution in [2.75, 3.05) is 6.61 Å². The van der Waals surface area contributed by atoms with E-state index in [-0.39, 0.29) is 18.9 Å². The first kappa shape index (κ1) is 10.3. The van der Waals surface area contributed by atoms with Gasteiger partial charge in [0.05, 0.1) is 6.10 Å². The van der Waals surface area contributed by atoms with E-state index >= 15 is 0 Å². The number of hydrogen-bond donors (Lipinski definition) is 1. The number of ether oxygens (including phenoxy) is 1. The summed E-state index contributed by atoms with van der Waals surface area (Å²) in [6.45, 7) is 0.736. The van der Waals surface area contributed by atoms with E-state index in [2.05, 4.69) is 0 Å². The third kappa shape index (κ3) is 1.91. The quantitative estimate of drug-likeness (QED) is 0.711. The second-order valence-electron chi connectivity index (χ2n) is 4.59. The van der Waals surface area contributed by atoms with E-state index in [4.69, 9.17) is 10.5 Å². The van der Waals surface area contributed by atoms with Crippen molar-refractivity contribution in [3.05, 3.63) is 0 Å². The van der Waals surface area contributed by atoms with Crippen LogP contribution in [-0.4, -0.2) is 24.2 Å². The minimum Gasteiger partial charge on any atom is -0.376 e. The average molecular weight is 205 g/mol. The van der Waals surface area contributed by atoms with Crippen molar-refractivity contribution in [1.82, 2.24) is 0 Å².